The molecule has 9 heteroatoms. The molecule has 0 spiro atoms. The molecule has 1 rings (SSSR count). The number of alkyl halides is 6. The first-order valence-corrected chi connectivity index (χ1v) is 6.59. The van der Waals surface area contributed by atoms with Gasteiger partial charge in [-0.1, -0.05) is 22.9 Å². The van der Waals surface area contributed by atoms with E-state index in [9.17, 15) is 30.7 Å². The van der Waals surface area contributed by atoms with Crippen molar-refractivity contribution in [2.24, 2.45) is 5.92 Å². The van der Waals surface area contributed by atoms with Crippen molar-refractivity contribution in [3.05, 3.63) is 34.1 Å². The molecule has 0 aromatic heterocycles. The Morgan fingerprint density at radius 3 is 2.05 bits per heavy atom. The van der Waals surface area contributed by atoms with Crippen LogP contribution in [0.3, 0.4) is 0 Å². The van der Waals surface area contributed by atoms with Gasteiger partial charge in [0.25, 0.3) is 0 Å². The van der Waals surface area contributed by atoms with Gasteiger partial charge in [0.1, 0.15) is 5.82 Å². The van der Waals surface area contributed by atoms with Gasteiger partial charge in [0.15, 0.2) is 5.92 Å². The van der Waals surface area contributed by atoms with Gasteiger partial charge in [-0.2, -0.15) is 26.3 Å². The standard InChI is InChI=1S/C12H11BrF7N/c1-2-21-9(7-5-6(13)3-4-8(7)14)10(11(15,16)17)12(18,19)20/h3-5,9-10,21H,2H2,1H3. The third kappa shape index (κ3) is 4.57. The highest BCUT2D eigenvalue weighted by Crippen LogP contribution is 2.47. The Hall–Kier alpha value is -0.830. The minimum atomic E-state index is -5.56. The van der Waals surface area contributed by atoms with Crippen molar-refractivity contribution in [2.75, 3.05) is 6.54 Å². The summed E-state index contributed by atoms with van der Waals surface area (Å²) in [4.78, 5) is 0. The summed E-state index contributed by atoms with van der Waals surface area (Å²) in [5.74, 6) is -4.84. The molecule has 0 saturated heterocycles. The van der Waals surface area contributed by atoms with E-state index < -0.39 is 35.7 Å². The molecule has 120 valence electrons. The van der Waals surface area contributed by atoms with Crippen LogP contribution in [-0.2, 0) is 0 Å². The first kappa shape index (κ1) is 18.2. The van der Waals surface area contributed by atoms with Gasteiger partial charge >= 0.3 is 12.4 Å². The van der Waals surface area contributed by atoms with Gasteiger partial charge in [-0.05, 0) is 24.7 Å². The average molecular weight is 382 g/mol. The van der Waals surface area contributed by atoms with Crippen LogP contribution < -0.4 is 5.32 Å². The van der Waals surface area contributed by atoms with E-state index in [0.717, 1.165) is 12.1 Å². The van der Waals surface area contributed by atoms with Gasteiger partial charge in [-0.15, -0.1) is 0 Å². The molecule has 1 N–H and O–H groups in total. The zero-order valence-electron chi connectivity index (χ0n) is 10.6. The molecule has 0 aliphatic heterocycles. The van der Waals surface area contributed by atoms with Crippen molar-refractivity contribution in [1.29, 1.82) is 0 Å². The van der Waals surface area contributed by atoms with Crippen molar-refractivity contribution in [1.82, 2.24) is 5.32 Å². The molecular formula is C12H11BrF7N. The fourth-order valence-corrected chi connectivity index (χ4v) is 2.32. The lowest BCUT2D eigenvalue weighted by Crippen LogP contribution is -2.46. The molecule has 0 aliphatic rings. The van der Waals surface area contributed by atoms with Crippen LogP contribution in [0.2, 0.25) is 0 Å². The lowest BCUT2D eigenvalue weighted by Gasteiger charge is -2.31. The molecule has 0 heterocycles. The minimum absolute atomic E-state index is 0.181. The molecule has 1 unspecified atom stereocenters. The molecule has 21 heavy (non-hydrogen) atoms. The third-order valence-electron chi connectivity index (χ3n) is 2.76. The molecule has 1 atom stereocenters. The van der Waals surface area contributed by atoms with Crippen LogP contribution in [0.5, 0.6) is 0 Å². The van der Waals surface area contributed by atoms with Crippen LogP contribution in [0, 0.1) is 11.7 Å². The second kappa shape index (κ2) is 6.51. The zero-order chi connectivity index (χ0) is 16.4. The second-order valence-electron chi connectivity index (χ2n) is 4.26. The van der Waals surface area contributed by atoms with Gasteiger partial charge in [-0.25, -0.2) is 4.39 Å². The van der Waals surface area contributed by atoms with Crippen molar-refractivity contribution >= 4 is 15.9 Å². The minimum Gasteiger partial charge on any atom is -0.309 e. The topological polar surface area (TPSA) is 12.0 Å². The van der Waals surface area contributed by atoms with E-state index in [1.165, 1.54) is 13.0 Å². The fraction of sp³-hybridized carbons (Fsp3) is 0.500. The summed E-state index contributed by atoms with van der Waals surface area (Å²) in [6.07, 6.45) is -11.1. The van der Waals surface area contributed by atoms with E-state index in [-0.39, 0.29) is 11.0 Å². The van der Waals surface area contributed by atoms with Crippen LogP contribution in [0.1, 0.15) is 18.5 Å². The van der Waals surface area contributed by atoms with E-state index in [1.54, 1.807) is 0 Å². The molecule has 1 aromatic rings. The van der Waals surface area contributed by atoms with E-state index >= 15 is 0 Å². The van der Waals surface area contributed by atoms with E-state index in [0.29, 0.717) is 0 Å². The molecule has 1 nitrogen and oxygen atoms in total. The normalized spacial score (nSPS) is 14.6. The van der Waals surface area contributed by atoms with Crippen molar-refractivity contribution in [3.63, 3.8) is 0 Å². The monoisotopic (exact) mass is 381 g/mol. The van der Waals surface area contributed by atoms with Crippen LogP contribution >= 0.6 is 15.9 Å². The number of hydrogen-bond donors (Lipinski definition) is 1. The predicted octanol–water partition coefficient (Wildman–Crippen LogP) is 4.98. The summed E-state index contributed by atoms with van der Waals surface area (Å²) in [6.45, 7) is 1.16. The van der Waals surface area contributed by atoms with Crippen LogP contribution in [0.25, 0.3) is 0 Å². The summed E-state index contributed by atoms with van der Waals surface area (Å²) >= 11 is 2.91. The summed E-state index contributed by atoms with van der Waals surface area (Å²) < 4.78 is 90.7. The maximum atomic E-state index is 13.7. The Bertz CT molecular complexity index is 469. The third-order valence-corrected chi connectivity index (χ3v) is 3.25. The summed E-state index contributed by atoms with van der Waals surface area (Å²) in [6, 6.07) is 0.658. The second-order valence-corrected chi connectivity index (χ2v) is 5.18. The van der Waals surface area contributed by atoms with Crippen molar-refractivity contribution < 1.29 is 30.7 Å². The number of hydrogen-bond acceptors (Lipinski definition) is 1. The first-order valence-electron chi connectivity index (χ1n) is 5.80. The first-order chi connectivity index (χ1) is 9.48. The Kier molecular flexibility index (Phi) is 5.65. The highest BCUT2D eigenvalue weighted by molar-refractivity contribution is 9.10. The maximum absolute atomic E-state index is 13.7. The molecule has 1 aromatic carbocycles. The zero-order valence-corrected chi connectivity index (χ0v) is 12.2. The smallest absolute Gasteiger partial charge is 0.309 e. The Labute approximate surface area is 124 Å². The molecular weight excluding hydrogens is 371 g/mol. The quantitative estimate of drug-likeness (QED) is 0.725. The van der Waals surface area contributed by atoms with Crippen molar-refractivity contribution in [2.45, 2.75) is 25.3 Å². The largest absolute Gasteiger partial charge is 0.402 e. The summed E-state index contributed by atoms with van der Waals surface area (Å²) in [5.41, 5.74) is -0.689. The van der Waals surface area contributed by atoms with Crippen molar-refractivity contribution in [3.8, 4) is 0 Å². The molecule has 0 aliphatic carbocycles. The summed E-state index contributed by atoms with van der Waals surface area (Å²) in [7, 11) is 0. The number of halogens is 8. The van der Waals surface area contributed by atoms with Gasteiger partial charge < -0.3 is 5.32 Å². The van der Waals surface area contributed by atoms with Crippen LogP contribution in [-0.4, -0.2) is 18.9 Å². The fourth-order valence-electron chi connectivity index (χ4n) is 1.94. The molecule has 0 radical (unpaired) electrons. The highest BCUT2D eigenvalue weighted by atomic mass is 79.9. The number of nitrogens with one attached hydrogen (secondary N) is 1. The highest BCUT2D eigenvalue weighted by Gasteiger charge is 2.60. The summed E-state index contributed by atoms with van der Waals surface area (Å²) in [5, 5.41) is 2.08. The van der Waals surface area contributed by atoms with Gasteiger partial charge in [0.2, 0.25) is 0 Å². The lowest BCUT2D eigenvalue weighted by molar-refractivity contribution is -0.292. The number of rotatable bonds is 4. The number of benzene rings is 1. The molecule has 0 saturated carbocycles. The predicted molar refractivity (Wildman–Crippen MR) is 66.1 cm³/mol. The Morgan fingerprint density at radius 2 is 1.62 bits per heavy atom. The molecule has 0 fully saturated rings. The molecule has 0 amide bonds. The van der Waals surface area contributed by atoms with E-state index in [1.807, 2.05) is 0 Å². The van der Waals surface area contributed by atoms with Gasteiger partial charge in [-0.3, -0.25) is 0 Å². The SMILES string of the molecule is CCNC(c1cc(Br)ccc1F)C(C(F)(F)F)C(F)(F)F. The van der Waals surface area contributed by atoms with E-state index in [2.05, 4.69) is 21.2 Å². The van der Waals surface area contributed by atoms with E-state index in [4.69, 9.17) is 0 Å². The van der Waals surface area contributed by atoms with Crippen LogP contribution in [0.15, 0.2) is 22.7 Å². The van der Waals surface area contributed by atoms with Gasteiger partial charge in [0.05, 0.1) is 6.04 Å². The maximum Gasteiger partial charge on any atom is 0.402 e. The Balaban J connectivity index is 3.41. The van der Waals surface area contributed by atoms with Crippen LogP contribution in [0.4, 0.5) is 30.7 Å². The lowest BCUT2D eigenvalue weighted by atomic mass is 9.91. The average Bonchev–Trinajstić information content (AvgIpc) is 2.28. The Morgan fingerprint density at radius 1 is 1.10 bits per heavy atom. The molecule has 0 bridgehead atoms. The van der Waals surface area contributed by atoms with Gasteiger partial charge in [0, 0.05) is 10.0 Å².